The zero-order valence-electron chi connectivity index (χ0n) is 12.2. The lowest BCUT2D eigenvalue weighted by Gasteiger charge is -2.05. The van der Waals surface area contributed by atoms with E-state index >= 15 is 0 Å². The topological polar surface area (TPSA) is 62.4 Å². The average molecular weight is 268 g/mol. The summed E-state index contributed by atoms with van der Waals surface area (Å²) in [5, 5.41) is 8.65. The van der Waals surface area contributed by atoms with Crippen LogP contribution in [0.1, 0.15) is 53.4 Å². The molecule has 4 nitrogen and oxygen atoms in total. The van der Waals surface area contributed by atoms with Crippen LogP contribution in [0.25, 0.3) is 0 Å². The van der Waals surface area contributed by atoms with E-state index in [9.17, 15) is 4.79 Å². The Morgan fingerprint density at radius 3 is 2.37 bits per heavy atom. The molecule has 4 heteroatoms. The zero-order valence-corrected chi connectivity index (χ0v) is 12.2. The Hall–Kier alpha value is -0.870. The van der Waals surface area contributed by atoms with Crippen molar-refractivity contribution >= 4 is 5.97 Å². The van der Waals surface area contributed by atoms with Crippen LogP contribution in [0.3, 0.4) is 0 Å². The van der Waals surface area contributed by atoms with E-state index in [-0.39, 0.29) is 17.3 Å². The lowest BCUT2D eigenvalue weighted by Crippen LogP contribution is -2.13. The Kier molecular flexibility index (Phi) is 3.76. The smallest absolute Gasteiger partial charge is 0.328 e. The number of ether oxygens (including phenoxy) is 2. The fourth-order valence-corrected chi connectivity index (χ4v) is 2.67. The summed E-state index contributed by atoms with van der Waals surface area (Å²) in [6.45, 7) is 8.23. The van der Waals surface area contributed by atoms with Crippen molar-refractivity contribution in [2.24, 2.45) is 0 Å². The highest BCUT2D eigenvalue weighted by Gasteiger charge is 2.54. The number of aliphatic carboxylic acids is 1. The third-order valence-corrected chi connectivity index (χ3v) is 4.27. The van der Waals surface area contributed by atoms with Gasteiger partial charge in [0.1, 0.15) is 0 Å². The number of hydrogen-bond acceptors (Lipinski definition) is 3. The highest BCUT2D eigenvalue weighted by atomic mass is 16.6. The van der Waals surface area contributed by atoms with Gasteiger partial charge in [-0.05, 0) is 53.4 Å². The molecule has 0 aromatic rings. The van der Waals surface area contributed by atoms with Crippen molar-refractivity contribution in [2.45, 2.75) is 76.8 Å². The average Bonchev–Trinajstić information content (AvgIpc) is 3.10. The summed E-state index contributed by atoms with van der Waals surface area (Å²) in [6, 6.07) is 0. The molecule has 0 aromatic carbocycles. The van der Waals surface area contributed by atoms with Crippen LogP contribution in [0, 0.1) is 0 Å². The molecule has 19 heavy (non-hydrogen) atoms. The monoisotopic (exact) mass is 268 g/mol. The number of epoxide rings is 2. The van der Waals surface area contributed by atoms with Gasteiger partial charge in [-0.15, -0.1) is 0 Å². The molecular weight excluding hydrogens is 244 g/mol. The molecular formula is C15H24O4. The van der Waals surface area contributed by atoms with Crippen LogP contribution in [0.5, 0.6) is 0 Å². The Morgan fingerprint density at radius 1 is 1.21 bits per heavy atom. The number of hydrogen-bond donors (Lipinski definition) is 1. The number of carboxylic acid groups (broad SMARTS) is 1. The normalized spacial score (nSPS) is 36.1. The third kappa shape index (κ3) is 3.80. The van der Waals surface area contributed by atoms with Gasteiger partial charge in [-0.25, -0.2) is 4.79 Å². The van der Waals surface area contributed by atoms with Gasteiger partial charge in [-0.2, -0.15) is 0 Å². The molecule has 0 amide bonds. The summed E-state index contributed by atoms with van der Waals surface area (Å²) in [6.07, 6.45) is 5.69. The SMILES string of the molecule is CC(=CC(=O)O)CCC1OC1(C)CCC1OC1(C)C. The summed E-state index contributed by atoms with van der Waals surface area (Å²) in [5.74, 6) is -0.870. The maximum Gasteiger partial charge on any atom is 0.328 e. The minimum absolute atomic E-state index is 0.0223. The second-order valence-corrected chi connectivity index (χ2v) is 6.54. The largest absolute Gasteiger partial charge is 0.478 e. The first-order valence-electron chi connectivity index (χ1n) is 6.99. The quantitative estimate of drug-likeness (QED) is 0.569. The molecule has 2 heterocycles. The van der Waals surface area contributed by atoms with Gasteiger partial charge >= 0.3 is 5.97 Å². The van der Waals surface area contributed by atoms with Crippen molar-refractivity contribution in [2.75, 3.05) is 0 Å². The summed E-state index contributed by atoms with van der Waals surface area (Å²) < 4.78 is 11.4. The molecule has 3 unspecified atom stereocenters. The fourth-order valence-electron chi connectivity index (χ4n) is 2.67. The first-order valence-corrected chi connectivity index (χ1v) is 6.99. The van der Waals surface area contributed by atoms with Gasteiger partial charge in [0.15, 0.2) is 0 Å². The van der Waals surface area contributed by atoms with Gasteiger partial charge < -0.3 is 14.6 Å². The van der Waals surface area contributed by atoms with Gasteiger partial charge in [0.05, 0.1) is 23.4 Å². The van der Waals surface area contributed by atoms with Gasteiger partial charge in [0, 0.05) is 6.08 Å². The van der Waals surface area contributed by atoms with Gasteiger partial charge in [0.2, 0.25) is 0 Å². The first-order chi connectivity index (χ1) is 8.73. The van der Waals surface area contributed by atoms with Gasteiger partial charge in [-0.3, -0.25) is 0 Å². The molecule has 108 valence electrons. The Morgan fingerprint density at radius 2 is 1.84 bits per heavy atom. The molecule has 2 aliphatic rings. The van der Waals surface area contributed by atoms with Crippen molar-refractivity contribution in [3.63, 3.8) is 0 Å². The predicted molar refractivity (Wildman–Crippen MR) is 72.1 cm³/mol. The molecule has 2 fully saturated rings. The lowest BCUT2D eigenvalue weighted by atomic mass is 9.94. The Labute approximate surface area is 114 Å². The van der Waals surface area contributed by atoms with Crippen LogP contribution >= 0.6 is 0 Å². The molecule has 2 aliphatic heterocycles. The first kappa shape index (κ1) is 14.5. The summed E-state index contributed by atoms with van der Waals surface area (Å²) in [5.41, 5.74) is 0.935. The van der Waals surface area contributed by atoms with E-state index in [1.54, 1.807) is 0 Å². The van der Waals surface area contributed by atoms with E-state index in [1.165, 1.54) is 6.08 Å². The van der Waals surface area contributed by atoms with Crippen LogP contribution in [0.2, 0.25) is 0 Å². The zero-order chi connectivity index (χ0) is 14.3. The molecule has 0 radical (unpaired) electrons. The van der Waals surface area contributed by atoms with Crippen molar-refractivity contribution in [3.8, 4) is 0 Å². The van der Waals surface area contributed by atoms with E-state index in [0.29, 0.717) is 6.10 Å². The Balaban J connectivity index is 1.67. The second kappa shape index (κ2) is 4.91. The molecule has 0 aromatic heterocycles. The van der Waals surface area contributed by atoms with E-state index in [2.05, 4.69) is 20.8 Å². The maximum absolute atomic E-state index is 10.5. The van der Waals surface area contributed by atoms with Gasteiger partial charge in [-0.1, -0.05) is 5.57 Å². The van der Waals surface area contributed by atoms with Crippen molar-refractivity contribution in [3.05, 3.63) is 11.6 Å². The van der Waals surface area contributed by atoms with Crippen LogP contribution in [0.15, 0.2) is 11.6 Å². The van der Waals surface area contributed by atoms with Crippen molar-refractivity contribution < 1.29 is 19.4 Å². The van der Waals surface area contributed by atoms with E-state index in [4.69, 9.17) is 14.6 Å². The minimum atomic E-state index is -0.870. The maximum atomic E-state index is 10.5. The highest BCUT2D eigenvalue weighted by Crippen LogP contribution is 2.47. The standard InChI is InChI=1S/C15H24O4/c1-10(9-13(16)17)5-6-12-15(4,19-12)8-7-11-14(2,3)18-11/h9,11-12H,5-8H2,1-4H3,(H,16,17). The molecule has 0 bridgehead atoms. The molecule has 0 aliphatic carbocycles. The van der Waals surface area contributed by atoms with Crippen molar-refractivity contribution in [1.82, 2.24) is 0 Å². The summed E-state index contributed by atoms with van der Waals surface area (Å²) in [7, 11) is 0. The highest BCUT2D eigenvalue weighted by molar-refractivity contribution is 5.80. The minimum Gasteiger partial charge on any atom is -0.478 e. The van der Waals surface area contributed by atoms with Crippen LogP contribution in [0.4, 0.5) is 0 Å². The summed E-state index contributed by atoms with van der Waals surface area (Å²) >= 11 is 0. The number of carbonyl (C=O) groups is 1. The van der Waals surface area contributed by atoms with Crippen LogP contribution in [-0.4, -0.2) is 34.5 Å². The lowest BCUT2D eigenvalue weighted by molar-refractivity contribution is -0.131. The second-order valence-electron chi connectivity index (χ2n) is 6.54. The number of carboxylic acids is 1. The predicted octanol–water partition coefficient (Wildman–Crippen LogP) is 2.91. The molecule has 2 rings (SSSR count). The van der Waals surface area contributed by atoms with Crippen molar-refractivity contribution in [1.29, 1.82) is 0 Å². The number of allylic oxidation sites excluding steroid dienone is 1. The van der Waals surface area contributed by atoms with Crippen LogP contribution < -0.4 is 0 Å². The van der Waals surface area contributed by atoms with Gasteiger partial charge in [0.25, 0.3) is 0 Å². The van der Waals surface area contributed by atoms with E-state index < -0.39 is 5.97 Å². The van der Waals surface area contributed by atoms with Crippen LogP contribution in [-0.2, 0) is 14.3 Å². The Bertz CT molecular complexity index is 399. The van der Waals surface area contributed by atoms with E-state index in [0.717, 1.165) is 31.3 Å². The molecule has 3 atom stereocenters. The summed E-state index contributed by atoms with van der Waals surface area (Å²) in [4.78, 5) is 10.5. The molecule has 1 N–H and O–H groups in total. The third-order valence-electron chi connectivity index (χ3n) is 4.27. The molecule has 0 saturated carbocycles. The molecule has 2 saturated heterocycles. The number of rotatable bonds is 7. The fraction of sp³-hybridized carbons (Fsp3) is 0.800. The van der Waals surface area contributed by atoms with E-state index in [1.807, 2.05) is 6.92 Å². The molecule has 0 spiro atoms.